The summed E-state index contributed by atoms with van der Waals surface area (Å²) in [4.78, 5) is 11.4. The summed E-state index contributed by atoms with van der Waals surface area (Å²) in [6.07, 6.45) is 3.54. The SMILES string of the molecule is COc1cccc(OC2CCC(C(=O)NN)CC2)c1. The van der Waals surface area contributed by atoms with E-state index in [4.69, 9.17) is 15.3 Å². The van der Waals surface area contributed by atoms with Gasteiger partial charge in [0.2, 0.25) is 5.91 Å². The minimum Gasteiger partial charge on any atom is -0.497 e. The van der Waals surface area contributed by atoms with Crippen LogP contribution in [-0.2, 0) is 4.79 Å². The summed E-state index contributed by atoms with van der Waals surface area (Å²) in [5, 5.41) is 0. The normalized spacial score (nSPS) is 22.6. The van der Waals surface area contributed by atoms with E-state index in [9.17, 15) is 4.79 Å². The highest BCUT2D eigenvalue weighted by molar-refractivity contribution is 5.78. The summed E-state index contributed by atoms with van der Waals surface area (Å²) in [5.41, 5.74) is 2.22. The third-order valence-corrected chi connectivity index (χ3v) is 3.53. The second-order valence-electron chi connectivity index (χ2n) is 4.78. The van der Waals surface area contributed by atoms with E-state index >= 15 is 0 Å². The fourth-order valence-corrected chi connectivity index (χ4v) is 2.43. The average molecular weight is 264 g/mol. The molecule has 2 rings (SSSR count). The van der Waals surface area contributed by atoms with E-state index in [0.717, 1.165) is 37.2 Å². The van der Waals surface area contributed by atoms with Gasteiger partial charge in [-0.15, -0.1) is 0 Å². The van der Waals surface area contributed by atoms with Crippen molar-refractivity contribution in [2.75, 3.05) is 7.11 Å². The standard InChI is InChI=1S/C14H20N2O3/c1-18-12-3-2-4-13(9-12)19-11-7-5-10(6-8-11)14(17)16-15/h2-4,9-11H,5-8,15H2,1H3,(H,16,17). The second kappa shape index (κ2) is 6.43. The summed E-state index contributed by atoms with van der Waals surface area (Å²) in [6, 6.07) is 7.58. The van der Waals surface area contributed by atoms with Crippen molar-refractivity contribution in [2.24, 2.45) is 11.8 Å². The van der Waals surface area contributed by atoms with Crippen molar-refractivity contribution in [3.8, 4) is 11.5 Å². The molecule has 0 bridgehead atoms. The van der Waals surface area contributed by atoms with Crippen molar-refractivity contribution in [3.05, 3.63) is 24.3 Å². The van der Waals surface area contributed by atoms with Gasteiger partial charge in [0, 0.05) is 12.0 Å². The van der Waals surface area contributed by atoms with Crippen LogP contribution in [0, 0.1) is 5.92 Å². The number of methoxy groups -OCH3 is 1. The van der Waals surface area contributed by atoms with Crippen molar-refractivity contribution in [1.29, 1.82) is 0 Å². The first-order valence-electron chi connectivity index (χ1n) is 6.54. The Hall–Kier alpha value is -1.75. The van der Waals surface area contributed by atoms with Crippen LogP contribution in [0.4, 0.5) is 0 Å². The molecule has 0 atom stereocenters. The number of amides is 1. The molecule has 5 nitrogen and oxygen atoms in total. The van der Waals surface area contributed by atoms with Gasteiger partial charge in [-0.05, 0) is 37.8 Å². The number of ether oxygens (including phenoxy) is 2. The Morgan fingerprint density at radius 2 is 1.95 bits per heavy atom. The molecule has 0 radical (unpaired) electrons. The zero-order valence-electron chi connectivity index (χ0n) is 11.1. The van der Waals surface area contributed by atoms with Crippen LogP contribution < -0.4 is 20.7 Å². The topological polar surface area (TPSA) is 73.6 Å². The highest BCUT2D eigenvalue weighted by Gasteiger charge is 2.26. The smallest absolute Gasteiger partial charge is 0.236 e. The van der Waals surface area contributed by atoms with E-state index in [0.29, 0.717) is 0 Å². The van der Waals surface area contributed by atoms with Crippen molar-refractivity contribution in [3.63, 3.8) is 0 Å². The van der Waals surface area contributed by atoms with E-state index in [1.807, 2.05) is 24.3 Å². The van der Waals surface area contributed by atoms with E-state index in [1.54, 1.807) is 7.11 Å². The van der Waals surface area contributed by atoms with Gasteiger partial charge in [-0.3, -0.25) is 10.2 Å². The summed E-state index contributed by atoms with van der Waals surface area (Å²) < 4.78 is 11.1. The second-order valence-corrected chi connectivity index (χ2v) is 4.78. The minimum absolute atomic E-state index is 0.0233. The van der Waals surface area contributed by atoms with E-state index in [1.165, 1.54) is 0 Å². The van der Waals surface area contributed by atoms with Crippen LogP contribution in [-0.4, -0.2) is 19.1 Å². The van der Waals surface area contributed by atoms with Crippen LogP contribution in [0.5, 0.6) is 11.5 Å². The molecule has 3 N–H and O–H groups in total. The largest absolute Gasteiger partial charge is 0.497 e. The molecule has 0 unspecified atom stereocenters. The first-order valence-corrected chi connectivity index (χ1v) is 6.54. The highest BCUT2D eigenvalue weighted by atomic mass is 16.5. The van der Waals surface area contributed by atoms with Crippen molar-refractivity contribution < 1.29 is 14.3 Å². The Morgan fingerprint density at radius 3 is 2.58 bits per heavy atom. The van der Waals surface area contributed by atoms with Crippen molar-refractivity contribution in [1.82, 2.24) is 5.43 Å². The van der Waals surface area contributed by atoms with Crippen LogP contribution in [0.2, 0.25) is 0 Å². The lowest BCUT2D eigenvalue weighted by Crippen LogP contribution is -2.38. The monoisotopic (exact) mass is 264 g/mol. The molecule has 0 aliphatic heterocycles. The molecule has 1 fully saturated rings. The Bertz CT molecular complexity index is 428. The molecule has 5 heteroatoms. The number of benzene rings is 1. The maximum atomic E-state index is 11.4. The van der Waals surface area contributed by atoms with Gasteiger partial charge < -0.3 is 9.47 Å². The highest BCUT2D eigenvalue weighted by Crippen LogP contribution is 2.28. The summed E-state index contributed by atoms with van der Waals surface area (Å²) in [5.74, 6) is 6.70. The van der Waals surface area contributed by atoms with Crippen LogP contribution in [0.15, 0.2) is 24.3 Å². The first-order chi connectivity index (χ1) is 9.22. The van der Waals surface area contributed by atoms with Crippen LogP contribution in [0.25, 0.3) is 0 Å². The van der Waals surface area contributed by atoms with E-state index < -0.39 is 0 Å². The van der Waals surface area contributed by atoms with Crippen LogP contribution in [0.1, 0.15) is 25.7 Å². The van der Waals surface area contributed by atoms with Crippen molar-refractivity contribution >= 4 is 5.91 Å². The fraction of sp³-hybridized carbons (Fsp3) is 0.500. The Balaban J connectivity index is 1.86. The maximum absolute atomic E-state index is 11.4. The molecule has 0 saturated heterocycles. The van der Waals surface area contributed by atoms with Gasteiger partial charge in [0.1, 0.15) is 11.5 Å². The van der Waals surface area contributed by atoms with Gasteiger partial charge in [-0.2, -0.15) is 0 Å². The van der Waals surface area contributed by atoms with Gasteiger partial charge >= 0.3 is 0 Å². The van der Waals surface area contributed by atoms with Gasteiger partial charge in [0.15, 0.2) is 0 Å². The number of nitrogens with one attached hydrogen (secondary N) is 1. The predicted octanol–water partition coefficient (Wildman–Crippen LogP) is 1.62. The Labute approximate surface area is 113 Å². The molecule has 0 aromatic heterocycles. The molecule has 1 aliphatic carbocycles. The lowest BCUT2D eigenvalue weighted by Gasteiger charge is -2.27. The Morgan fingerprint density at radius 1 is 1.26 bits per heavy atom. The lowest BCUT2D eigenvalue weighted by atomic mass is 9.87. The summed E-state index contributed by atoms with van der Waals surface area (Å²) >= 11 is 0. The van der Waals surface area contributed by atoms with Crippen molar-refractivity contribution in [2.45, 2.75) is 31.8 Å². The molecule has 1 aliphatic rings. The number of hydrogen-bond donors (Lipinski definition) is 2. The van der Waals surface area contributed by atoms with Gasteiger partial charge in [0.05, 0.1) is 13.2 Å². The van der Waals surface area contributed by atoms with Crippen LogP contribution in [0.3, 0.4) is 0 Å². The van der Waals surface area contributed by atoms with E-state index in [-0.39, 0.29) is 17.9 Å². The molecule has 0 spiro atoms. The van der Waals surface area contributed by atoms with Gasteiger partial charge in [-0.1, -0.05) is 6.07 Å². The number of carbonyl (C=O) groups is 1. The predicted molar refractivity (Wildman–Crippen MR) is 71.7 cm³/mol. The zero-order chi connectivity index (χ0) is 13.7. The summed E-state index contributed by atoms with van der Waals surface area (Å²) in [6.45, 7) is 0. The Kier molecular flexibility index (Phi) is 4.63. The molecule has 19 heavy (non-hydrogen) atoms. The number of carbonyl (C=O) groups excluding carboxylic acids is 1. The molecule has 1 saturated carbocycles. The third kappa shape index (κ3) is 3.61. The average Bonchev–Trinajstić information content (AvgIpc) is 2.47. The number of rotatable bonds is 4. The van der Waals surface area contributed by atoms with E-state index in [2.05, 4.69) is 5.43 Å². The molecule has 0 heterocycles. The molecule has 104 valence electrons. The van der Waals surface area contributed by atoms with Gasteiger partial charge in [-0.25, -0.2) is 5.84 Å². The number of nitrogens with two attached hydrogens (primary N) is 1. The fourth-order valence-electron chi connectivity index (χ4n) is 2.43. The minimum atomic E-state index is -0.0696. The number of hydrogen-bond acceptors (Lipinski definition) is 4. The quantitative estimate of drug-likeness (QED) is 0.492. The maximum Gasteiger partial charge on any atom is 0.236 e. The third-order valence-electron chi connectivity index (χ3n) is 3.53. The molecule has 1 aromatic carbocycles. The van der Waals surface area contributed by atoms with Gasteiger partial charge in [0.25, 0.3) is 0 Å². The molecular formula is C14H20N2O3. The number of hydrazine groups is 1. The first kappa shape index (κ1) is 13.7. The molecule has 1 amide bonds. The molecular weight excluding hydrogens is 244 g/mol. The molecule has 1 aromatic rings. The lowest BCUT2D eigenvalue weighted by molar-refractivity contribution is -0.126. The van der Waals surface area contributed by atoms with Crippen LogP contribution >= 0.6 is 0 Å². The summed E-state index contributed by atoms with van der Waals surface area (Å²) in [7, 11) is 1.63. The zero-order valence-corrected chi connectivity index (χ0v) is 11.1.